The van der Waals surface area contributed by atoms with Gasteiger partial charge in [0.25, 0.3) is 0 Å². The van der Waals surface area contributed by atoms with Crippen LogP contribution in [0.1, 0.15) is 32.6 Å². The van der Waals surface area contributed by atoms with Crippen LogP contribution in [0.4, 0.5) is 4.79 Å². The van der Waals surface area contributed by atoms with Crippen molar-refractivity contribution in [1.82, 2.24) is 5.32 Å². The fourth-order valence-electron chi connectivity index (χ4n) is 1.24. The minimum atomic E-state index is -0.807. The van der Waals surface area contributed by atoms with Gasteiger partial charge in [-0.25, -0.2) is 9.59 Å². The third-order valence-electron chi connectivity index (χ3n) is 2.40. The van der Waals surface area contributed by atoms with Crippen LogP contribution in [0.2, 0.25) is 0 Å². The summed E-state index contributed by atoms with van der Waals surface area (Å²) in [5.74, 6) is -0.394. The molecule has 0 spiro atoms. The zero-order valence-corrected chi connectivity index (χ0v) is 9.17. The summed E-state index contributed by atoms with van der Waals surface area (Å²) in [4.78, 5) is 22.5. The Hall–Kier alpha value is -1.26. The molecule has 1 rings (SSSR count). The largest absolute Gasteiger partial charge is 0.467 e. The molecule has 0 aliphatic heterocycles. The first-order valence-electron chi connectivity index (χ1n) is 5.18. The average Bonchev–Trinajstić information content (AvgIpc) is 2.98. The average molecular weight is 215 g/mol. The van der Waals surface area contributed by atoms with E-state index in [9.17, 15) is 9.59 Å². The molecule has 0 atom stereocenters. The van der Waals surface area contributed by atoms with Crippen molar-refractivity contribution in [1.29, 1.82) is 0 Å². The molecule has 1 amide bonds. The van der Waals surface area contributed by atoms with Crippen LogP contribution < -0.4 is 5.32 Å². The van der Waals surface area contributed by atoms with Gasteiger partial charge in [-0.15, -0.1) is 0 Å². The Labute approximate surface area is 89.1 Å². The minimum absolute atomic E-state index is 0.388. The zero-order valence-electron chi connectivity index (χ0n) is 9.17. The van der Waals surface area contributed by atoms with E-state index in [2.05, 4.69) is 10.1 Å². The summed E-state index contributed by atoms with van der Waals surface area (Å²) in [5, 5.41) is 2.54. The number of alkyl carbamates (subject to hydrolysis) is 1. The first kappa shape index (κ1) is 11.8. The Balaban J connectivity index is 2.28. The standard InChI is InChI=1S/C10H17NO4/c1-3-4-7-15-9(13)11-10(5-6-10)8(12)14-2/h3-7H2,1-2H3,(H,11,13). The summed E-state index contributed by atoms with van der Waals surface area (Å²) >= 11 is 0. The van der Waals surface area contributed by atoms with Crippen molar-refractivity contribution in [2.24, 2.45) is 0 Å². The van der Waals surface area contributed by atoms with Crippen molar-refractivity contribution in [3.8, 4) is 0 Å². The number of carbonyl (C=O) groups excluding carboxylic acids is 2. The molecular weight excluding hydrogens is 198 g/mol. The van der Waals surface area contributed by atoms with Gasteiger partial charge in [0, 0.05) is 0 Å². The van der Waals surface area contributed by atoms with E-state index < -0.39 is 17.6 Å². The van der Waals surface area contributed by atoms with Gasteiger partial charge in [0.05, 0.1) is 13.7 Å². The van der Waals surface area contributed by atoms with Gasteiger partial charge in [0.1, 0.15) is 5.54 Å². The fraction of sp³-hybridized carbons (Fsp3) is 0.800. The number of nitrogens with one attached hydrogen (secondary N) is 1. The van der Waals surface area contributed by atoms with E-state index in [1.165, 1.54) is 7.11 Å². The smallest absolute Gasteiger partial charge is 0.408 e. The van der Waals surface area contributed by atoms with Crippen LogP contribution >= 0.6 is 0 Å². The number of methoxy groups -OCH3 is 1. The highest BCUT2D eigenvalue weighted by Gasteiger charge is 2.52. The van der Waals surface area contributed by atoms with Crippen molar-refractivity contribution >= 4 is 12.1 Å². The number of hydrogen-bond donors (Lipinski definition) is 1. The molecule has 0 bridgehead atoms. The number of ether oxygens (including phenoxy) is 2. The molecule has 1 aliphatic rings. The lowest BCUT2D eigenvalue weighted by atomic mass is 10.3. The highest BCUT2D eigenvalue weighted by molar-refractivity contribution is 5.88. The highest BCUT2D eigenvalue weighted by Crippen LogP contribution is 2.36. The van der Waals surface area contributed by atoms with Crippen molar-refractivity contribution < 1.29 is 19.1 Å². The Morgan fingerprint density at radius 3 is 2.53 bits per heavy atom. The van der Waals surface area contributed by atoms with Crippen LogP contribution in [0.5, 0.6) is 0 Å². The number of rotatable bonds is 5. The van der Waals surface area contributed by atoms with E-state index in [0.29, 0.717) is 19.4 Å². The molecule has 1 fully saturated rings. The van der Waals surface area contributed by atoms with Gasteiger partial charge in [-0.05, 0) is 19.3 Å². The maximum absolute atomic E-state index is 11.3. The van der Waals surface area contributed by atoms with Gasteiger partial charge in [0.2, 0.25) is 0 Å². The predicted octanol–water partition coefficient (Wildman–Crippen LogP) is 1.22. The molecule has 0 aromatic heterocycles. The second-order valence-electron chi connectivity index (χ2n) is 3.69. The summed E-state index contributed by atoms with van der Waals surface area (Å²) in [7, 11) is 1.31. The molecule has 0 aromatic carbocycles. The van der Waals surface area contributed by atoms with Gasteiger partial charge in [-0.3, -0.25) is 0 Å². The van der Waals surface area contributed by atoms with E-state index in [4.69, 9.17) is 4.74 Å². The van der Waals surface area contributed by atoms with Gasteiger partial charge < -0.3 is 14.8 Å². The summed E-state index contributed by atoms with van der Waals surface area (Å²) in [6, 6.07) is 0. The molecule has 86 valence electrons. The molecule has 1 saturated carbocycles. The summed E-state index contributed by atoms with van der Waals surface area (Å²) in [5.41, 5.74) is -0.807. The summed E-state index contributed by atoms with van der Waals surface area (Å²) < 4.78 is 9.49. The van der Waals surface area contributed by atoms with Crippen LogP contribution in [0.3, 0.4) is 0 Å². The molecule has 1 aliphatic carbocycles. The molecule has 5 heteroatoms. The first-order valence-corrected chi connectivity index (χ1v) is 5.18. The molecule has 15 heavy (non-hydrogen) atoms. The maximum Gasteiger partial charge on any atom is 0.408 e. The lowest BCUT2D eigenvalue weighted by Gasteiger charge is -2.14. The number of carbonyl (C=O) groups is 2. The first-order chi connectivity index (χ1) is 7.14. The van der Waals surface area contributed by atoms with Crippen LogP contribution in [-0.2, 0) is 14.3 Å². The normalized spacial score (nSPS) is 16.7. The van der Waals surface area contributed by atoms with E-state index in [0.717, 1.165) is 12.8 Å². The number of hydrogen-bond acceptors (Lipinski definition) is 4. The quantitative estimate of drug-likeness (QED) is 0.553. The monoisotopic (exact) mass is 215 g/mol. The number of amides is 1. The number of unbranched alkanes of at least 4 members (excludes halogenated alkanes) is 1. The third kappa shape index (κ3) is 3.11. The van der Waals surface area contributed by atoms with E-state index in [-0.39, 0.29) is 0 Å². The van der Waals surface area contributed by atoms with Crippen molar-refractivity contribution in [3.05, 3.63) is 0 Å². The molecule has 0 aromatic rings. The maximum atomic E-state index is 11.3. The SMILES string of the molecule is CCCCOC(=O)NC1(C(=O)OC)CC1. The van der Waals surface area contributed by atoms with Crippen molar-refractivity contribution in [3.63, 3.8) is 0 Å². The lowest BCUT2D eigenvalue weighted by Crippen LogP contribution is -2.44. The second-order valence-corrected chi connectivity index (χ2v) is 3.69. The van der Waals surface area contributed by atoms with Crippen molar-refractivity contribution in [2.75, 3.05) is 13.7 Å². The lowest BCUT2D eigenvalue weighted by molar-refractivity contribution is -0.144. The minimum Gasteiger partial charge on any atom is -0.467 e. The van der Waals surface area contributed by atoms with Gasteiger partial charge >= 0.3 is 12.1 Å². The van der Waals surface area contributed by atoms with Crippen LogP contribution in [0.15, 0.2) is 0 Å². The predicted molar refractivity (Wildman–Crippen MR) is 53.4 cm³/mol. The molecule has 0 unspecified atom stereocenters. The van der Waals surface area contributed by atoms with Crippen LogP contribution in [0.25, 0.3) is 0 Å². The zero-order chi connectivity index (χ0) is 11.3. The summed E-state index contributed by atoms with van der Waals surface area (Å²) in [6.07, 6.45) is 2.52. The Kier molecular flexibility index (Phi) is 3.94. The Morgan fingerprint density at radius 1 is 1.40 bits per heavy atom. The van der Waals surface area contributed by atoms with Gasteiger partial charge in [-0.1, -0.05) is 13.3 Å². The third-order valence-corrected chi connectivity index (χ3v) is 2.40. The van der Waals surface area contributed by atoms with Gasteiger partial charge in [0.15, 0.2) is 0 Å². The topological polar surface area (TPSA) is 64.6 Å². The van der Waals surface area contributed by atoms with Crippen LogP contribution in [0, 0.1) is 0 Å². The molecule has 0 saturated heterocycles. The van der Waals surface area contributed by atoms with Crippen molar-refractivity contribution in [2.45, 2.75) is 38.1 Å². The van der Waals surface area contributed by atoms with Crippen LogP contribution in [-0.4, -0.2) is 31.3 Å². The second kappa shape index (κ2) is 5.00. The van der Waals surface area contributed by atoms with Gasteiger partial charge in [-0.2, -0.15) is 0 Å². The number of esters is 1. The fourth-order valence-corrected chi connectivity index (χ4v) is 1.24. The van der Waals surface area contributed by atoms with E-state index in [1.807, 2.05) is 6.92 Å². The molecular formula is C10H17NO4. The molecule has 0 heterocycles. The Bertz CT molecular complexity index is 248. The molecule has 1 N–H and O–H groups in total. The molecule has 5 nitrogen and oxygen atoms in total. The molecule has 0 radical (unpaired) electrons. The Morgan fingerprint density at radius 2 is 2.07 bits per heavy atom. The van der Waals surface area contributed by atoms with E-state index in [1.54, 1.807) is 0 Å². The summed E-state index contributed by atoms with van der Waals surface area (Å²) in [6.45, 7) is 2.40. The highest BCUT2D eigenvalue weighted by atomic mass is 16.6. The van der Waals surface area contributed by atoms with E-state index >= 15 is 0 Å².